The first kappa shape index (κ1) is 17.6. The van der Waals surface area contributed by atoms with Crippen LogP contribution in [0.5, 0.6) is 0 Å². The molecule has 0 unspecified atom stereocenters. The highest BCUT2D eigenvalue weighted by Gasteiger charge is 2.25. The maximum Gasteiger partial charge on any atom is 0.331 e. The van der Waals surface area contributed by atoms with Crippen LogP contribution in [-0.2, 0) is 23.1 Å². The Morgan fingerprint density at radius 1 is 0.944 bits per heavy atom. The van der Waals surface area contributed by atoms with Crippen molar-refractivity contribution in [1.29, 1.82) is 0 Å². The molecular formula is C12H25O5P. The largest absolute Gasteiger partial charge is 0.466 e. The van der Waals surface area contributed by atoms with E-state index in [1.165, 1.54) is 0 Å². The van der Waals surface area contributed by atoms with Crippen molar-refractivity contribution in [1.82, 2.24) is 0 Å². The maximum atomic E-state index is 12.3. The van der Waals surface area contributed by atoms with Gasteiger partial charge in [0.05, 0.1) is 32.4 Å². The van der Waals surface area contributed by atoms with Crippen LogP contribution in [0.1, 0.15) is 46.5 Å². The molecule has 0 bridgehead atoms. The molecule has 108 valence electrons. The van der Waals surface area contributed by atoms with E-state index in [9.17, 15) is 9.36 Å². The topological polar surface area (TPSA) is 61.8 Å². The molecule has 0 saturated heterocycles. The van der Waals surface area contributed by atoms with Gasteiger partial charge in [-0.3, -0.25) is 9.36 Å². The Labute approximate surface area is 110 Å². The average Bonchev–Trinajstić information content (AvgIpc) is 2.38. The summed E-state index contributed by atoms with van der Waals surface area (Å²) in [5, 5.41) is 0. The number of hydrogen-bond donors (Lipinski definition) is 0. The molecule has 6 heteroatoms. The standard InChI is InChI=1S/C12H25O5P/c1-4-8-15-12(13)7-11-18(14,16-9-5-2)17-10-6-3/h4-11H2,1-3H3. The highest BCUT2D eigenvalue weighted by molar-refractivity contribution is 7.53. The number of carbonyl (C=O) groups excluding carboxylic acids is 1. The summed E-state index contributed by atoms with van der Waals surface area (Å²) in [6.45, 7) is 6.94. The number of hydrogen-bond acceptors (Lipinski definition) is 5. The van der Waals surface area contributed by atoms with E-state index in [-0.39, 0.29) is 18.6 Å². The SMILES string of the molecule is CCCOC(=O)CCP(=O)(OCCC)OCCC. The fourth-order valence-electron chi connectivity index (χ4n) is 1.14. The number of ether oxygens (including phenoxy) is 1. The van der Waals surface area contributed by atoms with E-state index in [0.717, 1.165) is 19.3 Å². The summed E-state index contributed by atoms with van der Waals surface area (Å²) in [6, 6.07) is 0. The van der Waals surface area contributed by atoms with Gasteiger partial charge in [-0.1, -0.05) is 20.8 Å². The Balaban J connectivity index is 4.14. The summed E-state index contributed by atoms with van der Waals surface area (Å²) in [5.41, 5.74) is 0. The molecule has 0 heterocycles. The van der Waals surface area contributed by atoms with Crippen LogP contribution in [0.25, 0.3) is 0 Å². The third-order valence-corrected chi connectivity index (χ3v) is 3.96. The minimum atomic E-state index is -3.14. The summed E-state index contributed by atoms with van der Waals surface area (Å²) in [4.78, 5) is 11.3. The first-order chi connectivity index (χ1) is 8.58. The van der Waals surface area contributed by atoms with Crippen LogP contribution < -0.4 is 0 Å². The van der Waals surface area contributed by atoms with Crippen molar-refractivity contribution in [2.75, 3.05) is 26.0 Å². The lowest BCUT2D eigenvalue weighted by molar-refractivity contribution is -0.143. The van der Waals surface area contributed by atoms with Crippen LogP contribution >= 0.6 is 7.60 Å². The zero-order chi connectivity index (χ0) is 13.9. The lowest BCUT2D eigenvalue weighted by atomic mass is 10.5. The number of carbonyl (C=O) groups is 1. The fourth-order valence-corrected chi connectivity index (χ4v) is 2.85. The lowest BCUT2D eigenvalue weighted by Crippen LogP contribution is -2.10. The molecular weight excluding hydrogens is 255 g/mol. The van der Waals surface area contributed by atoms with Gasteiger partial charge in [0.25, 0.3) is 0 Å². The Kier molecular flexibility index (Phi) is 10.3. The van der Waals surface area contributed by atoms with Crippen molar-refractivity contribution in [3.63, 3.8) is 0 Å². The smallest absolute Gasteiger partial charge is 0.331 e. The van der Waals surface area contributed by atoms with Crippen molar-refractivity contribution in [3.05, 3.63) is 0 Å². The molecule has 0 radical (unpaired) electrons. The minimum Gasteiger partial charge on any atom is -0.466 e. The lowest BCUT2D eigenvalue weighted by Gasteiger charge is -2.17. The molecule has 0 aliphatic rings. The van der Waals surface area contributed by atoms with Crippen LogP contribution in [0, 0.1) is 0 Å². The third-order valence-electron chi connectivity index (χ3n) is 2.04. The fraction of sp³-hybridized carbons (Fsp3) is 0.917. The average molecular weight is 280 g/mol. The molecule has 0 fully saturated rings. The van der Waals surface area contributed by atoms with Gasteiger partial charge in [0.2, 0.25) is 0 Å². The summed E-state index contributed by atoms with van der Waals surface area (Å²) in [7, 11) is -3.14. The van der Waals surface area contributed by atoms with Gasteiger partial charge in [0.15, 0.2) is 0 Å². The van der Waals surface area contributed by atoms with Crippen LogP contribution in [0.4, 0.5) is 0 Å². The molecule has 0 aliphatic heterocycles. The summed E-state index contributed by atoms with van der Waals surface area (Å²) in [6.07, 6.45) is 2.47. The molecule has 0 aromatic rings. The molecule has 5 nitrogen and oxygen atoms in total. The van der Waals surface area contributed by atoms with Gasteiger partial charge >= 0.3 is 13.6 Å². The van der Waals surface area contributed by atoms with E-state index in [0.29, 0.717) is 19.8 Å². The van der Waals surface area contributed by atoms with Gasteiger partial charge in [-0.25, -0.2) is 0 Å². The zero-order valence-electron chi connectivity index (χ0n) is 11.6. The van der Waals surface area contributed by atoms with Crippen molar-refractivity contribution in [2.24, 2.45) is 0 Å². The van der Waals surface area contributed by atoms with Crippen LogP contribution in [0.3, 0.4) is 0 Å². The second-order valence-corrected chi connectivity index (χ2v) is 6.16. The molecule has 0 N–H and O–H groups in total. The van der Waals surface area contributed by atoms with Gasteiger partial charge < -0.3 is 13.8 Å². The normalized spacial score (nSPS) is 11.5. The van der Waals surface area contributed by atoms with Gasteiger partial charge in [-0.2, -0.15) is 0 Å². The molecule has 0 aromatic heterocycles. The van der Waals surface area contributed by atoms with Gasteiger partial charge in [-0.05, 0) is 19.3 Å². The second kappa shape index (κ2) is 10.5. The van der Waals surface area contributed by atoms with E-state index >= 15 is 0 Å². The van der Waals surface area contributed by atoms with Crippen molar-refractivity contribution in [2.45, 2.75) is 46.5 Å². The Hall–Kier alpha value is -0.380. The minimum absolute atomic E-state index is 0.0741. The van der Waals surface area contributed by atoms with Gasteiger partial charge in [0, 0.05) is 0 Å². The second-order valence-electron chi connectivity index (χ2n) is 3.97. The molecule has 0 rings (SSSR count). The summed E-state index contributed by atoms with van der Waals surface area (Å²) >= 11 is 0. The van der Waals surface area contributed by atoms with Crippen molar-refractivity contribution in [3.8, 4) is 0 Å². The maximum absolute atomic E-state index is 12.3. The molecule has 0 amide bonds. The molecule has 0 spiro atoms. The first-order valence-electron chi connectivity index (χ1n) is 6.61. The zero-order valence-corrected chi connectivity index (χ0v) is 12.5. The van der Waals surface area contributed by atoms with E-state index < -0.39 is 7.60 Å². The monoisotopic (exact) mass is 280 g/mol. The molecule has 0 saturated carbocycles. The van der Waals surface area contributed by atoms with E-state index in [4.69, 9.17) is 13.8 Å². The van der Waals surface area contributed by atoms with Crippen LogP contribution in [0.2, 0.25) is 0 Å². The molecule has 18 heavy (non-hydrogen) atoms. The third kappa shape index (κ3) is 8.67. The highest BCUT2D eigenvalue weighted by Crippen LogP contribution is 2.48. The number of rotatable bonds is 11. The van der Waals surface area contributed by atoms with Crippen LogP contribution in [0.15, 0.2) is 0 Å². The quantitative estimate of drug-likeness (QED) is 0.429. The predicted molar refractivity (Wildman–Crippen MR) is 70.8 cm³/mol. The Morgan fingerprint density at radius 3 is 1.89 bits per heavy atom. The summed E-state index contributed by atoms with van der Waals surface area (Å²) in [5.74, 6) is -0.350. The molecule has 0 aromatic carbocycles. The summed E-state index contributed by atoms with van der Waals surface area (Å²) < 4.78 is 27.7. The molecule has 0 aliphatic carbocycles. The van der Waals surface area contributed by atoms with Gasteiger partial charge in [0.1, 0.15) is 0 Å². The number of esters is 1. The molecule has 0 atom stereocenters. The van der Waals surface area contributed by atoms with E-state index in [1.807, 2.05) is 20.8 Å². The van der Waals surface area contributed by atoms with E-state index in [2.05, 4.69) is 0 Å². The highest BCUT2D eigenvalue weighted by atomic mass is 31.2. The first-order valence-corrected chi connectivity index (χ1v) is 8.34. The van der Waals surface area contributed by atoms with Crippen LogP contribution in [-0.4, -0.2) is 32.0 Å². The van der Waals surface area contributed by atoms with Crippen molar-refractivity contribution < 1.29 is 23.1 Å². The van der Waals surface area contributed by atoms with Crippen molar-refractivity contribution >= 4 is 13.6 Å². The van der Waals surface area contributed by atoms with E-state index in [1.54, 1.807) is 0 Å². The Bertz CT molecular complexity index is 255. The van der Waals surface area contributed by atoms with Gasteiger partial charge in [-0.15, -0.1) is 0 Å². The predicted octanol–water partition coefficient (Wildman–Crippen LogP) is 3.38. The Morgan fingerprint density at radius 2 is 1.44 bits per heavy atom.